The van der Waals surface area contributed by atoms with Gasteiger partial charge in [0.25, 0.3) is 5.91 Å². The van der Waals surface area contributed by atoms with Crippen molar-refractivity contribution in [2.75, 3.05) is 0 Å². The number of hydrogen-bond donors (Lipinski definition) is 1. The zero-order valence-corrected chi connectivity index (χ0v) is 14.7. The summed E-state index contributed by atoms with van der Waals surface area (Å²) in [5.41, 5.74) is 9.06. The van der Waals surface area contributed by atoms with E-state index in [1.165, 1.54) is 0 Å². The standard InChI is InChI=1S/C21H19N3O3/c22-20(25)19(14-8-3-1-4-9-14)27-21(26)18-16-12-7-13-17(16)24(23-18)15-10-5-2-6-11-15/h1-6,8-11,19H,7,12-13H2,(H2,22,25). The Balaban J connectivity index is 1.67. The normalized spacial score (nSPS) is 13.8. The quantitative estimate of drug-likeness (QED) is 0.708. The van der Waals surface area contributed by atoms with Crippen LogP contribution in [0.15, 0.2) is 60.7 Å². The Kier molecular flexibility index (Phi) is 4.46. The third-order valence-corrected chi connectivity index (χ3v) is 4.71. The number of fused-ring (bicyclic) bond motifs is 1. The molecular weight excluding hydrogens is 342 g/mol. The SMILES string of the molecule is NC(=O)C(OC(=O)c1nn(-c2ccccc2)c2c1CCC2)c1ccccc1. The Morgan fingerprint density at radius 3 is 2.33 bits per heavy atom. The summed E-state index contributed by atoms with van der Waals surface area (Å²) in [7, 11) is 0. The van der Waals surface area contributed by atoms with E-state index in [4.69, 9.17) is 10.5 Å². The molecule has 2 N–H and O–H groups in total. The van der Waals surface area contributed by atoms with E-state index in [1.807, 2.05) is 36.4 Å². The van der Waals surface area contributed by atoms with Gasteiger partial charge in [-0.2, -0.15) is 5.10 Å². The highest BCUT2D eigenvalue weighted by molar-refractivity contribution is 5.92. The van der Waals surface area contributed by atoms with Crippen LogP contribution in [0, 0.1) is 0 Å². The Bertz CT molecular complexity index is 981. The van der Waals surface area contributed by atoms with Crippen molar-refractivity contribution < 1.29 is 14.3 Å². The molecule has 1 amide bonds. The van der Waals surface area contributed by atoms with Gasteiger partial charge in [0.2, 0.25) is 6.10 Å². The first-order chi connectivity index (χ1) is 13.1. The second-order valence-corrected chi connectivity index (χ2v) is 6.47. The van der Waals surface area contributed by atoms with Crippen LogP contribution in [-0.2, 0) is 22.4 Å². The zero-order valence-electron chi connectivity index (χ0n) is 14.7. The fraction of sp³-hybridized carbons (Fsp3) is 0.190. The van der Waals surface area contributed by atoms with E-state index in [1.54, 1.807) is 28.9 Å². The van der Waals surface area contributed by atoms with Gasteiger partial charge in [-0.1, -0.05) is 48.5 Å². The molecule has 1 heterocycles. The third-order valence-electron chi connectivity index (χ3n) is 4.71. The number of benzene rings is 2. The van der Waals surface area contributed by atoms with Gasteiger partial charge in [0, 0.05) is 16.8 Å². The number of ether oxygens (including phenoxy) is 1. The first-order valence-corrected chi connectivity index (χ1v) is 8.86. The van der Waals surface area contributed by atoms with Gasteiger partial charge in [-0.05, 0) is 31.4 Å². The largest absolute Gasteiger partial charge is 0.443 e. The molecule has 0 bridgehead atoms. The summed E-state index contributed by atoms with van der Waals surface area (Å²) < 4.78 is 7.26. The summed E-state index contributed by atoms with van der Waals surface area (Å²) in [4.78, 5) is 24.7. The topological polar surface area (TPSA) is 87.2 Å². The number of nitrogens with zero attached hydrogens (tertiary/aromatic N) is 2. The molecule has 6 nitrogen and oxygen atoms in total. The number of rotatable bonds is 5. The van der Waals surface area contributed by atoms with E-state index in [0.717, 1.165) is 36.2 Å². The molecule has 1 unspecified atom stereocenters. The molecule has 1 aliphatic carbocycles. The lowest BCUT2D eigenvalue weighted by Crippen LogP contribution is -2.26. The smallest absolute Gasteiger partial charge is 0.360 e. The van der Waals surface area contributed by atoms with Gasteiger partial charge in [0.1, 0.15) is 0 Å². The minimum Gasteiger partial charge on any atom is -0.443 e. The van der Waals surface area contributed by atoms with Gasteiger partial charge in [0.15, 0.2) is 5.69 Å². The van der Waals surface area contributed by atoms with Crippen molar-refractivity contribution in [3.8, 4) is 5.69 Å². The average Bonchev–Trinajstić information content (AvgIpc) is 3.29. The second kappa shape index (κ2) is 7.07. The van der Waals surface area contributed by atoms with Crippen molar-refractivity contribution >= 4 is 11.9 Å². The lowest BCUT2D eigenvalue weighted by Gasteiger charge is -2.14. The number of amides is 1. The fourth-order valence-electron chi connectivity index (χ4n) is 3.47. The minimum atomic E-state index is -1.14. The van der Waals surface area contributed by atoms with Crippen LogP contribution in [0.1, 0.15) is 39.8 Å². The van der Waals surface area contributed by atoms with Crippen molar-refractivity contribution in [3.63, 3.8) is 0 Å². The van der Waals surface area contributed by atoms with Crippen molar-refractivity contribution in [2.24, 2.45) is 5.73 Å². The maximum atomic E-state index is 12.8. The maximum absolute atomic E-state index is 12.8. The van der Waals surface area contributed by atoms with Crippen LogP contribution in [0.4, 0.5) is 0 Å². The van der Waals surface area contributed by atoms with E-state index in [9.17, 15) is 9.59 Å². The first kappa shape index (κ1) is 17.0. The monoisotopic (exact) mass is 361 g/mol. The molecule has 136 valence electrons. The molecule has 1 atom stereocenters. The number of hydrogen-bond acceptors (Lipinski definition) is 4. The molecule has 2 aromatic carbocycles. The summed E-state index contributed by atoms with van der Waals surface area (Å²) >= 11 is 0. The molecule has 1 aromatic heterocycles. The lowest BCUT2D eigenvalue weighted by molar-refractivity contribution is -0.127. The van der Waals surface area contributed by atoms with Crippen LogP contribution in [0.2, 0.25) is 0 Å². The summed E-state index contributed by atoms with van der Waals surface area (Å²) in [6.07, 6.45) is 1.43. The Morgan fingerprint density at radius 1 is 1.00 bits per heavy atom. The molecule has 0 spiro atoms. The zero-order chi connectivity index (χ0) is 18.8. The number of primary amides is 1. The predicted molar refractivity (Wildman–Crippen MR) is 99.4 cm³/mol. The summed E-state index contributed by atoms with van der Waals surface area (Å²) in [6, 6.07) is 18.4. The number of nitrogens with two attached hydrogens (primary N) is 1. The number of carbonyl (C=O) groups excluding carboxylic acids is 2. The van der Waals surface area contributed by atoms with E-state index >= 15 is 0 Å². The van der Waals surface area contributed by atoms with E-state index in [-0.39, 0.29) is 5.69 Å². The van der Waals surface area contributed by atoms with Crippen molar-refractivity contribution in [1.82, 2.24) is 9.78 Å². The Labute approximate surface area is 156 Å². The average molecular weight is 361 g/mol. The molecule has 0 fully saturated rings. The van der Waals surface area contributed by atoms with Gasteiger partial charge in [-0.25, -0.2) is 9.48 Å². The third kappa shape index (κ3) is 3.21. The lowest BCUT2D eigenvalue weighted by atomic mass is 10.1. The molecule has 1 aliphatic rings. The molecule has 6 heteroatoms. The molecule has 0 saturated carbocycles. The van der Waals surface area contributed by atoms with Gasteiger partial charge >= 0.3 is 5.97 Å². The van der Waals surface area contributed by atoms with Gasteiger partial charge in [0.05, 0.1) is 5.69 Å². The van der Waals surface area contributed by atoms with E-state index in [0.29, 0.717) is 5.56 Å². The summed E-state index contributed by atoms with van der Waals surface area (Å²) in [6.45, 7) is 0. The van der Waals surface area contributed by atoms with Crippen LogP contribution >= 0.6 is 0 Å². The predicted octanol–water partition coefficient (Wildman–Crippen LogP) is 2.74. The van der Waals surface area contributed by atoms with Gasteiger partial charge in [-0.3, -0.25) is 4.79 Å². The van der Waals surface area contributed by atoms with Crippen molar-refractivity contribution in [3.05, 3.63) is 83.2 Å². The molecule has 0 saturated heterocycles. The Morgan fingerprint density at radius 2 is 1.67 bits per heavy atom. The number of esters is 1. The van der Waals surface area contributed by atoms with Crippen LogP contribution in [0.5, 0.6) is 0 Å². The highest BCUT2D eigenvalue weighted by atomic mass is 16.5. The number of carbonyl (C=O) groups is 2. The van der Waals surface area contributed by atoms with E-state index in [2.05, 4.69) is 5.10 Å². The maximum Gasteiger partial charge on any atom is 0.360 e. The molecule has 27 heavy (non-hydrogen) atoms. The molecule has 0 radical (unpaired) electrons. The minimum absolute atomic E-state index is 0.258. The number of para-hydroxylation sites is 1. The summed E-state index contributed by atoms with van der Waals surface area (Å²) in [5, 5.41) is 4.50. The molecule has 4 rings (SSSR count). The van der Waals surface area contributed by atoms with Gasteiger partial charge in [-0.15, -0.1) is 0 Å². The van der Waals surface area contributed by atoms with Crippen LogP contribution in [-0.4, -0.2) is 21.7 Å². The van der Waals surface area contributed by atoms with Crippen LogP contribution in [0.3, 0.4) is 0 Å². The molecule has 0 aliphatic heterocycles. The summed E-state index contributed by atoms with van der Waals surface area (Å²) in [5.74, 6) is -1.34. The molecule has 3 aromatic rings. The van der Waals surface area contributed by atoms with Crippen LogP contribution < -0.4 is 5.73 Å². The van der Waals surface area contributed by atoms with Crippen molar-refractivity contribution in [2.45, 2.75) is 25.4 Å². The van der Waals surface area contributed by atoms with Crippen LogP contribution in [0.25, 0.3) is 5.69 Å². The Hall–Kier alpha value is -3.41. The number of aromatic nitrogens is 2. The van der Waals surface area contributed by atoms with E-state index < -0.39 is 18.0 Å². The fourth-order valence-corrected chi connectivity index (χ4v) is 3.47. The molecular formula is C21H19N3O3. The van der Waals surface area contributed by atoms with Gasteiger partial charge < -0.3 is 10.5 Å². The second-order valence-electron chi connectivity index (χ2n) is 6.47. The highest BCUT2D eigenvalue weighted by Gasteiger charge is 2.31. The highest BCUT2D eigenvalue weighted by Crippen LogP contribution is 2.29. The van der Waals surface area contributed by atoms with Crippen molar-refractivity contribution in [1.29, 1.82) is 0 Å². The first-order valence-electron chi connectivity index (χ1n) is 8.86.